The summed E-state index contributed by atoms with van der Waals surface area (Å²) in [6, 6.07) is 9.53. The predicted octanol–water partition coefficient (Wildman–Crippen LogP) is 3.57. The zero-order valence-electron chi connectivity index (χ0n) is 12.8. The molecule has 0 bridgehead atoms. The first-order valence-electron chi connectivity index (χ1n) is 7.08. The van der Waals surface area contributed by atoms with Crippen molar-refractivity contribution in [3.05, 3.63) is 59.4 Å². The second kappa shape index (κ2) is 7.41. The molecule has 0 radical (unpaired) electrons. The predicted molar refractivity (Wildman–Crippen MR) is 79.9 cm³/mol. The summed E-state index contributed by atoms with van der Waals surface area (Å²) in [6.07, 6.45) is 0. The molecular weight excluding hydrogens is 310 g/mol. The van der Waals surface area contributed by atoms with Gasteiger partial charge in [0.25, 0.3) is 11.9 Å². The molecule has 0 aliphatic heterocycles. The Kier molecular flexibility index (Phi) is 5.54. The lowest BCUT2D eigenvalue weighted by molar-refractivity contribution is 0.258. The smallest absolute Gasteiger partial charge is 0.253 e. The molecule has 1 N–H and O–H groups in total. The maximum Gasteiger partial charge on any atom is 0.253 e. The molecule has 1 unspecified atom stereocenters. The summed E-state index contributed by atoms with van der Waals surface area (Å²) in [5, 5.41) is 2.42. The van der Waals surface area contributed by atoms with Gasteiger partial charge in [-0.3, -0.25) is 4.90 Å². The lowest BCUT2D eigenvalue weighted by Crippen LogP contribution is -2.34. The molecule has 1 heterocycles. The van der Waals surface area contributed by atoms with Gasteiger partial charge in [-0.1, -0.05) is 30.3 Å². The van der Waals surface area contributed by atoms with Gasteiger partial charge in [0.15, 0.2) is 0 Å². The van der Waals surface area contributed by atoms with E-state index in [1.807, 2.05) is 49.2 Å². The topological polar surface area (TPSA) is 28.2 Å². The number of hydrogen-bond donors (Lipinski definition) is 1. The standard InChI is InChI=1S/C16H17F4N3/c1-10(23(2)9-11-6-4-3-5-7-11)8-21-14-12(17)15(19)22-16(20)13(14)18/h3-7,10H,8-9H2,1-2H3,(H,21,22). The van der Waals surface area contributed by atoms with E-state index in [1.54, 1.807) is 0 Å². The first-order chi connectivity index (χ1) is 10.9. The number of benzene rings is 1. The van der Waals surface area contributed by atoms with E-state index in [0.29, 0.717) is 6.54 Å². The Hall–Kier alpha value is -2.15. The fraction of sp³-hybridized carbons (Fsp3) is 0.312. The van der Waals surface area contributed by atoms with Crippen LogP contribution in [-0.2, 0) is 6.54 Å². The van der Waals surface area contributed by atoms with Crippen molar-refractivity contribution in [2.75, 3.05) is 18.9 Å². The quantitative estimate of drug-likeness (QED) is 0.649. The maximum atomic E-state index is 13.5. The van der Waals surface area contributed by atoms with Crippen molar-refractivity contribution in [2.45, 2.75) is 19.5 Å². The Balaban J connectivity index is 2.00. The van der Waals surface area contributed by atoms with Crippen molar-refractivity contribution in [2.24, 2.45) is 0 Å². The third-order valence-corrected chi connectivity index (χ3v) is 3.60. The van der Waals surface area contributed by atoms with Gasteiger partial charge in [0.05, 0.1) is 0 Å². The van der Waals surface area contributed by atoms with Crippen LogP contribution in [0.15, 0.2) is 30.3 Å². The molecule has 0 fully saturated rings. The molecule has 0 spiro atoms. The molecule has 0 saturated carbocycles. The summed E-state index contributed by atoms with van der Waals surface area (Å²) in [4.78, 5) is 4.47. The maximum absolute atomic E-state index is 13.5. The molecule has 2 rings (SSSR count). The van der Waals surface area contributed by atoms with Crippen LogP contribution < -0.4 is 5.32 Å². The van der Waals surface area contributed by atoms with Crippen molar-refractivity contribution >= 4 is 5.69 Å². The zero-order chi connectivity index (χ0) is 17.0. The number of nitrogens with zero attached hydrogens (tertiary/aromatic N) is 2. The second-order valence-electron chi connectivity index (χ2n) is 5.33. The molecule has 0 aliphatic carbocycles. The van der Waals surface area contributed by atoms with E-state index in [9.17, 15) is 17.6 Å². The SMILES string of the molecule is CC(CNc1c(F)c(F)nc(F)c1F)N(C)Cc1ccccc1. The van der Waals surface area contributed by atoms with Crippen molar-refractivity contribution in [3.63, 3.8) is 0 Å². The van der Waals surface area contributed by atoms with Crippen molar-refractivity contribution in [3.8, 4) is 0 Å². The molecule has 23 heavy (non-hydrogen) atoms. The van der Waals surface area contributed by atoms with Crippen LogP contribution in [0.2, 0.25) is 0 Å². The Morgan fingerprint density at radius 2 is 1.61 bits per heavy atom. The minimum Gasteiger partial charge on any atom is -0.378 e. The highest BCUT2D eigenvalue weighted by Gasteiger charge is 2.21. The Labute approximate surface area is 132 Å². The zero-order valence-corrected chi connectivity index (χ0v) is 12.8. The third kappa shape index (κ3) is 4.19. The van der Waals surface area contributed by atoms with E-state index in [2.05, 4.69) is 10.3 Å². The van der Waals surface area contributed by atoms with Crippen LogP contribution >= 0.6 is 0 Å². The number of halogens is 4. The van der Waals surface area contributed by atoms with Crippen LogP contribution in [0.4, 0.5) is 23.2 Å². The fourth-order valence-corrected chi connectivity index (χ4v) is 2.08. The number of pyridine rings is 1. The van der Waals surface area contributed by atoms with Crippen molar-refractivity contribution < 1.29 is 17.6 Å². The number of nitrogens with one attached hydrogen (secondary N) is 1. The highest BCUT2D eigenvalue weighted by atomic mass is 19.2. The summed E-state index contributed by atoms with van der Waals surface area (Å²) in [5.41, 5.74) is 0.246. The van der Waals surface area contributed by atoms with E-state index >= 15 is 0 Å². The molecule has 2 aromatic rings. The largest absolute Gasteiger partial charge is 0.378 e. The van der Waals surface area contributed by atoms with Gasteiger partial charge >= 0.3 is 0 Å². The Morgan fingerprint density at radius 3 is 2.17 bits per heavy atom. The van der Waals surface area contributed by atoms with Crippen molar-refractivity contribution in [1.82, 2.24) is 9.88 Å². The van der Waals surface area contributed by atoms with Crippen LogP contribution in [0.5, 0.6) is 0 Å². The third-order valence-electron chi connectivity index (χ3n) is 3.60. The summed E-state index contributed by atoms with van der Waals surface area (Å²) >= 11 is 0. The molecule has 0 aliphatic rings. The highest BCUT2D eigenvalue weighted by Crippen LogP contribution is 2.22. The van der Waals surface area contributed by atoms with E-state index in [-0.39, 0.29) is 12.6 Å². The summed E-state index contributed by atoms with van der Waals surface area (Å²) in [6.45, 7) is 2.58. The monoisotopic (exact) mass is 327 g/mol. The Morgan fingerprint density at radius 1 is 1.04 bits per heavy atom. The lowest BCUT2D eigenvalue weighted by Gasteiger charge is -2.25. The second-order valence-corrected chi connectivity index (χ2v) is 5.33. The van der Waals surface area contributed by atoms with Gasteiger partial charge in [-0.25, -0.2) is 0 Å². The molecular formula is C16H17F4N3. The molecule has 1 aromatic heterocycles. The van der Waals surface area contributed by atoms with Gasteiger partial charge in [0.1, 0.15) is 5.69 Å². The average molecular weight is 327 g/mol. The molecule has 7 heteroatoms. The number of anilines is 1. The average Bonchev–Trinajstić information content (AvgIpc) is 2.53. The van der Waals surface area contributed by atoms with Gasteiger partial charge in [-0.2, -0.15) is 22.5 Å². The number of rotatable bonds is 6. The number of likely N-dealkylation sites (N-methyl/N-ethyl adjacent to an activating group) is 1. The molecule has 124 valence electrons. The first kappa shape index (κ1) is 17.2. The van der Waals surface area contributed by atoms with Crippen LogP contribution in [0.25, 0.3) is 0 Å². The number of aromatic nitrogens is 1. The van der Waals surface area contributed by atoms with Gasteiger partial charge in [0.2, 0.25) is 11.6 Å². The van der Waals surface area contributed by atoms with Gasteiger partial charge < -0.3 is 5.32 Å². The normalized spacial score (nSPS) is 12.5. The minimum atomic E-state index is -1.67. The first-order valence-corrected chi connectivity index (χ1v) is 7.08. The van der Waals surface area contributed by atoms with Crippen LogP contribution in [0.1, 0.15) is 12.5 Å². The summed E-state index contributed by atoms with van der Waals surface area (Å²) in [7, 11) is 1.85. The van der Waals surface area contributed by atoms with Crippen LogP contribution in [0.3, 0.4) is 0 Å². The number of hydrogen-bond acceptors (Lipinski definition) is 3. The molecule has 0 amide bonds. The lowest BCUT2D eigenvalue weighted by atomic mass is 10.2. The molecule has 3 nitrogen and oxygen atoms in total. The van der Waals surface area contributed by atoms with Gasteiger partial charge in [-0.05, 0) is 19.5 Å². The Bertz CT molecular complexity index is 638. The van der Waals surface area contributed by atoms with E-state index in [4.69, 9.17) is 0 Å². The van der Waals surface area contributed by atoms with Crippen LogP contribution in [0, 0.1) is 23.5 Å². The van der Waals surface area contributed by atoms with E-state index < -0.39 is 29.2 Å². The molecule has 1 aromatic carbocycles. The van der Waals surface area contributed by atoms with Gasteiger partial charge in [0, 0.05) is 19.1 Å². The van der Waals surface area contributed by atoms with E-state index in [1.165, 1.54) is 0 Å². The summed E-state index contributed by atoms with van der Waals surface area (Å²) < 4.78 is 53.1. The van der Waals surface area contributed by atoms with Crippen LogP contribution in [-0.4, -0.2) is 29.5 Å². The van der Waals surface area contributed by atoms with Crippen molar-refractivity contribution in [1.29, 1.82) is 0 Å². The van der Waals surface area contributed by atoms with Gasteiger partial charge in [-0.15, -0.1) is 0 Å². The summed E-state index contributed by atoms with van der Waals surface area (Å²) in [5.74, 6) is -6.39. The highest BCUT2D eigenvalue weighted by molar-refractivity contribution is 5.45. The minimum absolute atomic E-state index is 0.111. The molecule has 1 atom stereocenters. The molecule has 0 saturated heterocycles. The van der Waals surface area contributed by atoms with E-state index in [0.717, 1.165) is 5.56 Å². The fourth-order valence-electron chi connectivity index (χ4n) is 2.08.